The molecule has 164 valence electrons. The van der Waals surface area contributed by atoms with Crippen molar-refractivity contribution < 1.29 is 4.74 Å². The molecular weight excluding hydrogens is 426 g/mol. The van der Waals surface area contributed by atoms with Gasteiger partial charge < -0.3 is 10.1 Å². The van der Waals surface area contributed by atoms with Crippen LogP contribution in [0.15, 0.2) is 103 Å². The minimum atomic E-state index is 0.647. The van der Waals surface area contributed by atoms with Crippen LogP contribution < -0.4 is 10.1 Å². The van der Waals surface area contributed by atoms with Crippen molar-refractivity contribution in [3.63, 3.8) is 0 Å². The van der Waals surface area contributed by atoms with Crippen molar-refractivity contribution in [2.75, 3.05) is 5.32 Å². The first-order chi connectivity index (χ1) is 16.1. The summed E-state index contributed by atoms with van der Waals surface area (Å²) < 4.78 is 5.56. The summed E-state index contributed by atoms with van der Waals surface area (Å²) in [4.78, 5) is 10.4. The van der Waals surface area contributed by atoms with Crippen LogP contribution in [0.2, 0.25) is 0 Å². The lowest BCUT2D eigenvalue weighted by molar-refractivity contribution is 0.430. The zero-order valence-electron chi connectivity index (χ0n) is 18.5. The first-order valence-corrected chi connectivity index (χ1v) is 11.1. The van der Waals surface area contributed by atoms with E-state index in [2.05, 4.69) is 36.2 Å². The molecule has 0 spiro atoms. The Bertz CT molecular complexity index is 1240. The van der Waals surface area contributed by atoms with Crippen LogP contribution in [0.1, 0.15) is 23.7 Å². The molecular formula is C28H25N3OS. The normalized spacial score (nSPS) is 10.5. The van der Waals surface area contributed by atoms with Crippen molar-refractivity contribution in [1.82, 2.24) is 9.97 Å². The summed E-state index contributed by atoms with van der Waals surface area (Å²) in [5, 5.41) is 3.32. The second-order valence-electron chi connectivity index (χ2n) is 7.75. The fraction of sp³-hybridized carbons (Fsp3) is 0.107. The van der Waals surface area contributed by atoms with Gasteiger partial charge in [-0.3, -0.25) is 0 Å². The lowest BCUT2D eigenvalue weighted by Crippen LogP contribution is -2.16. The van der Waals surface area contributed by atoms with Gasteiger partial charge in [0.2, 0.25) is 0 Å². The number of nitrogens with zero attached hydrogens (tertiary/aromatic N) is 2. The molecule has 0 atom stereocenters. The maximum Gasteiger partial charge on any atom is 0.152 e. The van der Waals surface area contributed by atoms with E-state index in [9.17, 15) is 0 Å². The smallest absolute Gasteiger partial charge is 0.152 e. The summed E-state index contributed by atoms with van der Waals surface area (Å²) >= 11 is 5.62. The number of hydrogen-bond acceptors (Lipinski definition) is 4. The molecule has 0 fully saturated rings. The van der Waals surface area contributed by atoms with Crippen LogP contribution in [0.25, 0.3) is 11.3 Å². The van der Waals surface area contributed by atoms with E-state index < -0.39 is 0 Å². The van der Waals surface area contributed by atoms with Crippen molar-refractivity contribution in [1.29, 1.82) is 0 Å². The summed E-state index contributed by atoms with van der Waals surface area (Å²) in [6.45, 7) is 5.60. The molecule has 0 bridgehead atoms. The van der Waals surface area contributed by atoms with E-state index in [-0.39, 0.29) is 0 Å². The lowest BCUT2D eigenvalue weighted by atomic mass is 10.1. The van der Waals surface area contributed by atoms with Crippen LogP contribution in [0.5, 0.6) is 5.75 Å². The van der Waals surface area contributed by atoms with E-state index in [1.807, 2.05) is 67.6 Å². The van der Waals surface area contributed by atoms with Crippen molar-refractivity contribution in [2.45, 2.75) is 19.8 Å². The first-order valence-electron chi connectivity index (χ1n) is 10.7. The highest BCUT2D eigenvalue weighted by molar-refractivity contribution is 7.80. The van der Waals surface area contributed by atoms with Crippen molar-refractivity contribution in [3.8, 4) is 17.0 Å². The van der Waals surface area contributed by atoms with Gasteiger partial charge in [-0.2, -0.15) is 0 Å². The Hall–Kier alpha value is -3.83. The van der Waals surface area contributed by atoms with Crippen LogP contribution in [-0.2, 0) is 12.8 Å². The van der Waals surface area contributed by atoms with Gasteiger partial charge >= 0.3 is 0 Å². The fourth-order valence-corrected chi connectivity index (χ4v) is 3.70. The minimum Gasteiger partial charge on any atom is -0.463 e. The fourth-order valence-electron chi connectivity index (χ4n) is 3.44. The lowest BCUT2D eigenvalue weighted by Gasteiger charge is -2.13. The molecule has 1 aromatic heterocycles. The maximum atomic E-state index is 5.62. The molecule has 3 aromatic carbocycles. The Balaban J connectivity index is 1.60. The van der Waals surface area contributed by atoms with E-state index in [0.717, 1.165) is 33.8 Å². The third-order valence-corrected chi connectivity index (χ3v) is 5.21. The second-order valence-corrected chi connectivity index (χ2v) is 8.24. The zero-order chi connectivity index (χ0) is 23.0. The monoisotopic (exact) mass is 451 g/mol. The molecule has 4 rings (SSSR count). The Labute approximate surface area is 200 Å². The van der Waals surface area contributed by atoms with E-state index in [0.29, 0.717) is 29.4 Å². The van der Waals surface area contributed by atoms with E-state index in [4.69, 9.17) is 26.9 Å². The molecule has 0 aliphatic carbocycles. The third-order valence-electron chi connectivity index (χ3n) is 4.97. The summed E-state index contributed by atoms with van der Waals surface area (Å²) in [5.41, 5.74) is 4.91. The molecule has 33 heavy (non-hydrogen) atoms. The average Bonchev–Trinajstić information content (AvgIpc) is 2.82. The predicted octanol–water partition coefficient (Wildman–Crippen LogP) is 6.63. The quantitative estimate of drug-likeness (QED) is 0.241. The summed E-state index contributed by atoms with van der Waals surface area (Å²) in [6, 6.07) is 28.2. The molecule has 0 radical (unpaired) electrons. The van der Waals surface area contributed by atoms with Crippen molar-refractivity contribution in [3.05, 3.63) is 120 Å². The van der Waals surface area contributed by atoms with Crippen LogP contribution in [0.3, 0.4) is 0 Å². The molecule has 1 N–H and O–H groups in total. The van der Waals surface area contributed by atoms with Crippen LogP contribution in [0.4, 0.5) is 5.82 Å². The number of ether oxygens (including phenoxy) is 1. The molecule has 4 aromatic rings. The summed E-state index contributed by atoms with van der Waals surface area (Å²) in [7, 11) is 0. The maximum absolute atomic E-state index is 5.62. The highest BCUT2D eigenvalue weighted by atomic mass is 32.1. The molecule has 4 nitrogen and oxygen atoms in total. The largest absolute Gasteiger partial charge is 0.463 e. The van der Waals surface area contributed by atoms with E-state index >= 15 is 0 Å². The standard InChI is InChI=1S/C28H25N3OS/c1-20(2)32-24-15-13-23(14-16-24)26-19-29-28(25(30-26)17-21-9-5-3-6-10-21)31-27(33)18-22-11-7-4-8-12-22/h3-16,19H,1,17-18H2,2H3,(H,29,31,33). The molecule has 0 aliphatic rings. The summed E-state index contributed by atoms with van der Waals surface area (Å²) in [5.74, 6) is 2.08. The van der Waals surface area contributed by atoms with Gasteiger partial charge in [0, 0.05) is 18.4 Å². The Morgan fingerprint density at radius 3 is 2.18 bits per heavy atom. The minimum absolute atomic E-state index is 0.647. The predicted molar refractivity (Wildman–Crippen MR) is 139 cm³/mol. The van der Waals surface area contributed by atoms with Crippen LogP contribution >= 0.6 is 12.2 Å². The topological polar surface area (TPSA) is 47.0 Å². The molecule has 0 saturated carbocycles. The van der Waals surface area contributed by atoms with Gasteiger partial charge in [0.05, 0.1) is 28.3 Å². The van der Waals surface area contributed by atoms with Crippen molar-refractivity contribution >= 4 is 23.0 Å². The number of anilines is 1. The number of allylic oxidation sites excluding steroid dienone is 1. The Morgan fingerprint density at radius 2 is 1.55 bits per heavy atom. The van der Waals surface area contributed by atoms with Crippen molar-refractivity contribution in [2.24, 2.45) is 0 Å². The molecule has 1 heterocycles. The highest BCUT2D eigenvalue weighted by Gasteiger charge is 2.12. The molecule has 0 saturated heterocycles. The van der Waals surface area contributed by atoms with Crippen LogP contribution in [-0.4, -0.2) is 15.0 Å². The SMILES string of the molecule is C=C(C)Oc1ccc(-c2cnc(NC(=S)Cc3ccccc3)c(Cc3ccccc3)n2)cc1. The summed E-state index contributed by atoms with van der Waals surface area (Å²) in [6.07, 6.45) is 3.07. The third kappa shape index (κ3) is 6.34. The van der Waals surface area contributed by atoms with Gasteiger partial charge in [0.1, 0.15) is 5.75 Å². The van der Waals surface area contributed by atoms with Gasteiger partial charge in [-0.25, -0.2) is 9.97 Å². The highest BCUT2D eigenvalue weighted by Crippen LogP contribution is 2.24. The van der Waals surface area contributed by atoms with E-state index in [1.165, 1.54) is 0 Å². The molecule has 0 aliphatic heterocycles. The number of benzene rings is 3. The van der Waals surface area contributed by atoms with Crippen LogP contribution in [0, 0.1) is 0 Å². The van der Waals surface area contributed by atoms with Gasteiger partial charge in [0.25, 0.3) is 0 Å². The molecule has 0 unspecified atom stereocenters. The van der Waals surface area contributed by atoms with E-state index in [1.54, 1.807) is 6.20 Å². The molecule has 5 heteroatoms. The number of aromatic nitrogens is 2. The number of thiocarbonyl (C=S) groups is 1. The molecule has 0 amide bonds. The number of nitrogens with one attached hydrogen (secondary N) is 1. The van der Waals surface area contributed by atoms with Gasteiger partial charge in [-0.05, 0) is 42.3 Å². The van der Waals surface area contributed by atoms with Gasteiger partial charge in [-0.15, -0.1) is 0 Å². The number of rotatable bonds is 8. The second kappa shape index (κ2) is 10.7. The van der Waals surface area contributed by atoms with Gasteiger partial charge in [-0.1, -0.05) is 79.5 Å². The zero-order valence-corrected chi connectivity index (χ0v) is 19.3. The Morgan fingerprint density at radius 1 is 0.909 bits per heavy atom. The first kappa shape index (κ1) is 22.4. The van der Waals surface area contributed by atoms with Gasteiger partial charge in [0.15, 0.2) is 5.82 Å². The number of hydrogen-bond donors (Lipinski definition) is 1. The Kier molecular flexibility index (Phi) is 7.22. The average molecular weight is 452 g/mol.